The lowest BCUT2D eigenvalue weighted by molar-refractivity contribution is -0.0253. The van der Waals surface area contributed by atoms with E-state index in [0.29, 0.717) is 37.0 Å². The van der Waals surface area contributed by atoms with Gasteiger partial charge in [-0.3, -0.25) is 9.59 Å². The number of nitrogens with one attached hydrogen (secondary N) is 1. The topological polar surface area (TPSA) is 93.1 Å². The van der Waals surface area contributed by atoms with Gasteiger partial charge in [0.05, 0.1) is 18.8 Å². The van der Waals surface area contributed by atoms with Gasteiger partial charge in [-0.2, -0.15) is 0 Å². The number of H-pyrrole nitrogens is 1. The number of aromatic nitrogens is 4. The van der Waals surface area contributed by atoms with Crippen LogP contribution in [0.3, 0.4) is 0 Å². The van der Waals surface area contributed by atoms with Gasteiger partial charge < -0.3 is 19.2 Å². The minimum Gasteiger partial charge on any atom is -0.368 e. The summed E-state index contributed by atoms with van der Waals surface area (Å²) < 4.78 is 7.35. The summed E-state index contributed by atoms with van der Waals surface area (Å²) >= 11 is 0. The Morgan fingerprint density at radius 3 is 3.00 bits per heavy atom. The molecule has 1 unspecified atom stereocenters. The number of ether oxygens (including phenoxy) is 1. The van der Waals surface area contributed by atoms with E-state index in [1.165, 1.54) is 6.07 Å². The largest absolute Gasteiger partial charge is 0.368 e. The normalized spacial score (nSPS) is 18.5. The molecule has 1 aliphatic heterocycles. The summed E-state index contributed by atoms with van der Waals surface area (Å²) in [6.07, 6.45) is 2.92. The van der Waals surface area contributed by atoms with Crippen molar-refractivity contribution in [3.05, 3.63) is 46.2 Å². The Bertz CT molecular complexity index is 751. The first kappa shape index (κ1) is 14.5. The molecule has 0 radical (unpaired) electrons. The molecule has 116 valence electrons. The van der Waals surface area contributed by atoms with Crippen molar-refractivity contribution in [3.63, 3.8) is 0 Å². The number of carbonyl (C=O) groups excluding carboxylic acids is 1. The SMILES string of the molecule is Cc1nc(C2CN(C(=O)c3nccn3C)CCO2)cc(=O)[nH]1. The van der Waals surface area contributed by atoms with Crippen LogP contribution in [0.1, 0.15) is 28.2 Å². The highest BCUT2D eigenvalue weighted by atomic mass is 16.5. The van der Waals surface area contributed by atoms with Gasteiger partial charge in [-0.05, 0) is 6.92 Å². The molecule has 0 spiro atoms. The van der Waals surface area contributed by atoms with Crippen molar-refractivity contribution in [2.45, 2.75) is 13.0 Å². The van der Waals surface area contributed by atoms with E-state index in [1.807, 2.05) is 0 Å². The van der Waals surface area contributed by atoms with Gasteiger partial charge in [-0.25, -0.2) is 9.97 Å². The Hall–Kier alpha value is -2.48. The average molecular weight is 303 g/mol. The molecular formula is C14H17N5O3. The summed E-state index contributed by atoms with van der Waals surface area (Å²) in [4.78, 5) is 36.7. The second kappa shape index (κ2) is 5.72. The van der Waals surface area contributed by atoms with Gasteiger partial charge in [0.25, 0.3) is 11.5 Å². The van der Waals surface area contributed by atoms with E-state index in [0.717, 1.165) is 0 Å². The minimum absolute atomic E-state index is 0.151. The van der Waals surface area contributed by atoms with Crippen molar-refractivity contribution >= 4 is 5.91 Å². The fraction of sp³-hybridized carbons (Fsp3) is 0.429. The van der Waals surface area contributed by atoms with E-state index in [4.69, 9.17) is 4.74 Å². The number of amides is 1. The molecule has 0 aromatic carbocycles. The van der Waals surface area contributed by atoms with Gasteiger partial charge in [0.15, 0.2) is 5.82 Å². The average Bonchev–Trinajstić information content (AvgIpc) is 2.92. The smallest absolute Gasteiger partial charge is 0.290 e. The van der Waals surface area contributed by atoms with E-state index in [-0.39, 0.29) is 11.5 Å². The number of hydrogen-bond acceptors (Lipinski definition) is 5. The third-order valence-electron chi connectivity index (χ3n) is 3.58. The van der Waals surface area contributed by atoms with Crippen molar-refractivity contribution in [2.24, 2.45) is 7.05 Å². The van der Waals surface area contributed by atoms with Crippen molar-refractivity contribution in [3.8, 4) is 0 Å². The first-order valence-corrected chi connectivity index (χ1v) is 7.00. The van der Waals surface area contributed by atoms with E-state index in [1.54, 1.807) is 35.8 Å². The van der Waals surface area contributed by atoms with Crippen LogP contribution in [0.15, 0.2) is 23.3 Å². The second-order valence-electron chi connectivity index (χ2n) is 5.23. The predicted octanol–water partition coefficient (Wildman–Crippen LogP) is 0.0255. The predicted molar refractivity (Wildman–Crippen MR) is 77.4 cm³/mol. The highest BCUT2D eigenvalue weighted by molar-refractivity contribution is 5.90. The molecule has 8 nitrogen and oxygen atoms in total. The maximum atomic E-state index is 12.5. The molecule has 0 saturated carbocycles. The fourth-order valence-corrected chi connectivity index (χ4v) is 2.49. The summed E-state index contributed by atoms with van der Waals surface area (Å²) in [5.74, 6) is 0.761. The van der Waals surface area contributed by atoms with Crippen LogP contribution in [0.5, 0.6) is 0 Å². The van der Waals surface area contributed by atoms with E-state index in [2.05, 4.69) is 15.0 Å². The molecule has 3 rings (SSSR count). The van der Waals surface area contributed by atoms with Crippen molar-refractivity contribution in [1.29, 1.82) is 0 Å². The van der Waals surface area contributed by atoms with Crippen LogP contribution in [-0.2, 0) is 11.8 Å². The summed E-state index contributed by atoms with van der Waals surface area (Å²) in [6.45, 7) is 2.95. The maximum Gasteiger partial charge on any atom is 0.290 e. The number of rotatable bonds is 2. The molecule has 0 bridgehead atoms. The van der Waals surface area contributed by atoms with Crippen LogP contribution >= 0.6 is 0 Å². The first-order chi connectivity index (χ1) is 10.5. The summed E-state index contributed by atoms with van der Waals surface area (Å²) in [5.41, 5.74) is 0.317. The lowest BCUT2D eigenvalue weighted by atomic mass is 10.2. The molecule has 1 saturated heterocycles. The second-order valence-corrected chi connectivity index (χ2v) is 5.23. The van der Waals surface area contributed by atoms with E-state index in [9.17, 15) is 9.59 Å². The molecule has 2 aromatic heterocycles. The molecule has 8 heteroatoms. The monoisotopic (exact) mass is 303 g/mol. The number of hydrogen-bond donors (Lipinski definition) is 1. The number of nitrogens with zero attached hydrogens (tertiary/aromatic N) is 4. The summed E-state index contributed by atoms with van der Waals surface area (Å²) in [7, 11) is 1.78. The molecule has 1 fully saturated rings. The van der Waals surface area contributed by atoms with Crippen LogP contribution in [0, 0.1) is 6.92 Å². The Balaban J connectivity index is 1.81. The number of morpholine rings is 1. The Kier molecular flexibility index (Phi) is 3.76. The molecule has 1 atom stereocenters. The Labute approximate surface area is 126 Å². The first-order valence-electron chi connectivity index (χ1n) is 7.00. The van der Waals surface area contributed by atoms with Crippen LogP contribution < -0.4 is 5.56 Å². The van der Waals surface area contributed by atoms with Crippen molar-refractivity contribution in [1.82, 2.24) is 24.4 Å². The van der Waals surface area contributed by atoms with Crippen molar-refractivity contribution < 1.29 is 9.53 Å². The van der Waals surface area contributed by atoms with Crippen molar-refractivity contribution in [2.75, 3.05) is 19.7 Å². The molecule has 0 aliphatic carbocycles. The van der Waals surface area contributed by atoms with Gasteiger partial charge in [0.2, 0.25) is 0 Å². The number of aromatic amines is 1. The zero-order valence-electron chi connectivity index (χ0n) is 12.4. The third-order valence-corrected chi connectivity index (χ3v) is 3.58. The zero-order valence-corrected chi connectivity index (χ0v) is 12.4. The van der Waals surface area contributed by atoms with Gasteiger partial charge in [-0.15, -0.1) is 0 Å². The summed E-state index contributed by atoms with van der Waals surface area (Å²) in [5, 5.41) is 0. The Morgan fingerprint density at radius 2 is 2.32 bits per heavy atom. The van der Waals surface area contributed by atoms with Crippen LogP contribution in [-0.4, -0.2) is 50.0 Å². The Morgan fingerprint density at radius 1 is 1.50 bits per heavy atom. The molecule has 22 heavy (non-hydrogen) atoms. The van der Waals surface area contributed by atoms with Crippen LogP contribution in [0.4, 0.5) is 0 Å². The van der Waals surface area contributed by atoms with Gasteiger partial charge in [0, 0.05) is 32.1 Å². The third kappa shape index (κ3) is 2.77. The zero-order chi connectivity index (χ0) is 15.7. The fourth-order valence-electron chi connectivity index (χ4n) is 2.49. The number of imidazole rings is 1. The van der Waals surface area contributed by atoms with E-state index >= 15 is 0 Å². The maximum absolute atomic E-state index is 12.5. The van der Waals surface area contributed by atoms with Gasteiger partial charge in [-0.1, -0.05) is 0 Å². The summed E-state index contributed by atoms with van der Waals surface area (Å²) in [6, 6.07) is 1.41. The number of aryl methyl sites for hydroxylation is 2. The highest BCUT2D eigenvalue weighted by Crippen LogP contribution is 2.20. The lowest BCUT2D eigenvalue weighted by Gasteiger charge is -2.32. The van der Waals surface area contributed by atoms with Gasteiger partial charge >= 0.3 is 0 Å². The highest BCUT2D eigenvalue weighted by Gasteiger charge is 2.28. The standard InChI is InChI=1S/C14H17N5O3/c1-9-16-10(7-12(20)17-9)11-8-19(5-6-22-11)14(21)13-15-3-4-18(13)2/h3-4,7,11H,5-6,8H2,1-2H3,(H,16,17,20). The lowest BCUT2D eigenvalue weighted by Crippen LogP contribution is -2.43. The quantitative estimate of drug-likeness (QED) is 0.844. The van der Waals surface area contributed by atoms with Crippen LogP contribution in [0.2, 0.25) is 0 Å². The van der Waals surface area contributed by atoms with Crippen LogP contribution in [0.25, 0.3) is 0 Å². The molecule has 2 aromatic rings. The minimum atomic E-state index is -0.404. The van der Waals surface area contributed by atoms with Gasteiger partial charge in [0.1, 0.15) is 11.9 Å². The number of carbonyl (C=O) groups is 1. The molecule has 1 N–H and O–H groups in total. The molecule has 3 heterocycles. The molecule has 1 aliphatic rings. The molecule has 1 amide bonds. The molecular weight excluding hydrogens is 286 g/mol. The van der Waals surface area contributed by atoms with E-state index < -0.39 is 6.10 Å².